The van der Waals surface area contributed by atoms with Crippen molar-refractivity contribution in [3.05, 3.63) is 66.9 Å². The third kappa shape index (κ3) is 4.80. The normalized spacial score (nSPS) is 23.2. The Morgan fingerprint density at radius 1 is 1.02 bits per heavy atom. The lowest BCUT2D eigenvalue weighted by Crippen LogP contribution is -2.66. The molecule has 4 aromatic rings. The summed E-state index contributed by atoms with van der Waals surface area (Å²) in [7, 11) is 0. The van der Waals surface area contributed by atoms with Gasteiger partial charge in [0, 0.05) is 61.5 Å². The molecule has 9 heteroatoms. The number of hydrogen-bond donors (Lipinski definition) is 1. The fourth-order valence-electron chi connectivity index (χ4n) is 7.37. The molecule has 0 spiro atoms. The molecular formula is C32H36N8O. The van der Waals surface area contributed by atoms with Crippen molar-refractivity contribution in [3.63, 3.8) is 0 Å². The Morgan fingerprint density at radius 3 is 2.56 bits per heavy atom. The highest BCUT2D eigenvalue weighted by molar-refractivity contribution is 5.90. The van der Waals surface area contributed by atoms with E-state index in [1.807, 2.05) is 29.3 Å². The molecule has 0 atom stereocenters. The second-order valence-electron chi connectivity index (χ2n) is 12.1. The predicted octanol–water partition coefficient (Wildman–Crippen LogP) is 4.71. The maximum absolute atomic E-state index is 13.4. The number of rotatable bonds is 6. The minimum atomic E-state index is -0.332. The van der Waals surface area contributed by atoms with Crippen molar-refractivity contribution in [2.75, 3.05) is 26.2 Å². The van der Waals surface area contributed by atoms with E-state index in [1.165, 1.54) is 5.56 Å². The van der Waals surface area contributed by atoms with E-state index in [0.29, 0.717) is 24.3 Å². The van der Waals surface area contributed by atoms with Crippen molar-refractivity contribution >= 4 is 16.9 Å². The van der Waals surface area contributed by atoms with E-state index in [-0.39, 0.29) is 11.5 Å². The number of likely N-dealkylation sites (tertiary alicyclic amines) is 2. The minimum absolute atomic E-state index is 0.176. The first-order valence-electron chi connectivity index (χ1n) is 14.9. The maximum atomic E-state index is 13.4. The molecule has 210 valence electrons. The molecule has 3 aromatic heterocycles. The van der Waals surface area contributed by atoms with Crippen LogP contribution in [0.2, 0.25) is 0 Å². The monoisotopic (exact) mass is 548 g/mol. The molecule has 0 unspecified atom stereocenters. The smallest absolute Gasteiger partial charge is 0.225 e. The van der Waals surface area contributed by atoms with Crippen LogP contribution >= 0.6 is 0 Å². The maximum Gasteiger partial charge on any atom is 0.225 e. The summed E-state index contributed by atoms with van der Waals surface area (Å²) in [5.41, 5.74) is 3.66. The van der Waals surface area contributed by atoms with Gasteiger partial charge in [-0.1, -0.05) is 30.3 Å². The number of H-pyrrole nitrogens is 1. The van der Waals surface area contributed by atoms with Crippen molar-refractivity contribution < 1.29 is 4.79 Å². The van der Waals surface area contributed by atoms with E-state index in [1.54, 1.807) is 6.33 Å². The Kier molecular flexibility index (Phi) is 6.79. The second-order valence-corrected chi connectivity index (χ2v) is 12.1. The van der Waals surface area contributed by atoms with Crippen LogP contribution < -0.4 is 0 Å². The highest BCUT2D eigenvalue weighted by Crippen LogP contribution is 2.39. The zero-order chi connectivity index (χ0) is 27.8. The second kappa shape index (κ2) is 10.7. The van der Waals surface area contributed by atoms with Gasteiger partial charge in [0.1, 0.15) is 17.5 Å². The lowest BCUT2D eigenvalue weighted by atomic mass is 9.78. The molecule has 1 amide bonds. The van der Waals surface area contributed by atoms with Crippen molar-refractivity contribution in [2.24, 2.45) is 5.92 Å². The lowest BCUT2D eigenvalue weighted by Gasteiger charge is -2.53. The van der Waals surface area contributed by atoms with Gasteiger partial charge in [-0.3, -0.25) is 14.4 Å². The highest BCUT2D eigenvalue weighted by atomic mass is 16.2. The summed E-state index contributed by atoms with van der Waals surface area (Å²) in [6.45, 7) is 3.26. The summed E-state index contributed by atoms with van der Waals surface area (Å²) in [4.78, 5) is 29.9. The van der Waals surface area contributed by atoms with Crippen LogP contribution in [-0.4, -0.2) is 72.7 Å². The predicted molar refractivity (Wildman–Crippen MR) is 156 cm³/mol. The van der Waals surface area contributed by atoms with Gasteiger partial charge in [-0.05, 0) is 56.1 Å². The van der Waals surface area contributed by atoms with E-state index in [0.717, 1.165) is 87.0 Å². The molecule has 5 heterocycles. The molecule has 2 aliphatic heterocycles. The molecule has 3 fully saturated rings. The zero-order valence-corrected chi connectivity index (χ0v) is 23.3. The number of piperidine rings is 1. The lowest BCUT2D eigenvalue weighted by molar-refractivity contribution is -0.139. The van der Waals surface area contributed by atoms with Crippen molar-refractivity contribution in [3.8, 4) is 17.3 Å². The van der Waals surface area contributed by atoms with Gasteiger partial charge in [0.15, 0.2) is 0 Å². The van der Waals surface area contributed by atoms with Gasteiger partial charge >= 0.3 is 0 Å². The van der Waals surface area contributed by atoms with E-state index in [4.69, 9.17) is 5.10 Å². The summed E-state index contributed by atoms with van der Waals surface area (Å²) in [6, 6.07) is 15.6. The van der Waals surface area contributed by atoms with Crippen LogP contribution in [0.3, 0.4) is 0 Å². The number of benzene rings is 1. The molecule has 0 radical (unpaired) electrons. The summed E-state index contributed by atoms with van der Waals surface area (Å²) < 4.78 is 1.98. The Hall–Kier alpha value is -4.03. The molecule has 41 heavy (non-hydrogen) atoms. The number of aromatic amines is 1. The van der Waals surface area contributed by atoms with Crippen LogP contribution in [0, 0.1) is 17.2 Å². The standard InChI is InChI=1S/C32H36N8O/c33-14-13-32(40-19-26(18-37-40)29-28-10-15-34-30(28)36-22-35-29)20-39(21-32)27-11-16-38(17-12-27)31(41)25-8-6-24(7-9-25)23-4-2-1-3-5-23/h1-5,10,15,18-19,22,24-25,27H,6-9,11-13,16-17,20-21H2,(H,34,35,36). The third-order valence-electron chi connectivity index (χ3n) is 9.74. The number of nitrogens with one attached hydrogen (secondary N) is 1. The van der Waals surface area contributed by atoms with Gasteiger partial charge in [-0.2, -0.15) is 10.4 Å². The van der Waals surface area contributed by atoms with Gasteiger partial charge < -0.3 is 9.88 Å². The molecule has 1 aromatic carbocycles. The fourth-order valence-corrected chi connectivity index (χ4v) is 7.37. The quantitative estimate of drug-likeness (QED) is 0.374. The highest BCUT2D eigenvalue weighted by Gasteiger charge is 2.48. The average Bonchev–Trinajstić information content (AvgIpc) is 3.70. The van der Waals surface area contributed by atoms with Gasteiger partial charge in [0.2, 0.25) is 5.91 Å². The van der Waals surface area contributed by atoms with Crippen LogP contribution in [0.15, 0.2) is 61.3 Å². The van der Waals surface area contributed by atoms with Gasteiger partial charge in [-0.15, -0.1) is 0 Å². The Balaban J connectivity index is 0.944. The van der Waals surface area contributed by atoms with Gasteiger partial charge in [0.05, 0.1) is 24.4 Å². The number of carbonyl (C=O) groups excluding carboxylic acids is 1. The molecule has 3 aliphatic rings. The number of hydrogen-bond acceptors (Lipinski definition) is 6. The molecule has 1 aliphatic carbocycles. The molecule has 0 bridgehead atoms. The number of fused-ring (bicyclic) bond motifs is 1. The van der Waals surface area contributed by atoms with Crippen molar-refractivity contribution in [1.82, 2.24) is 34.5 Å². The fraction of sp³-hybridized carbons (Fsp3) is 0.469. The van der Waals surface area contributed by atoms with E-state index >= 15 is 0 Å². The Morgan fingerprint density at radius 2 is 1.80 bits per heavy atom. The Labute approximate surface area is 240 Å². The van der Waals surface area contributed by atoms with E-state index in [9.17, 15) is 10.1 Å². The van der Waals surface area contributed by atoms with Gasteiger partial charge in [-0.25, -0.2) is 9.97 Å². The number of aromatic nitrogens is 5. The molecule has 1 N–H and O–H groups in total. The third-order valence-corrected chi connectivity index (χ3v) is 9.74. The summed E-state index contributed by atoms with van der Waals surface area (Å²) in [6.07, 6.45) is 13.9. The number of amides is 1. The minimum Gasteiger partial charge on any atom is -0.346 e. The zero-order valence-electron chi connectivity index (χ0n) is 23.3. The first kappa shape index (κ1) is 25.9. The van der Waals surface area contributed by atoms with Crippen molar-refractivity contribution in [2.45, 2.75) is 62.4 Å². The SMILES string of the molecule is N#CCC1(n2cc(-c3ncnc4[nH]ccc34)cn2)CN(C2CCN(C(=O)C3CCC(c4ccccc4)CC3)CC2)C1. The largest absolute Gasteiger partial charge is 0.346 e. The summed E-state index contributed by atoms with van der Waals surface area (Å²) in [5.74, 6) is 1.13. The first-order valence-corrected chi connectivity index (χ1v) is 14.9. The van der Waals surface area contributed by atoms with Gasteiger partial charge in [0.25, 0.3) is 0 Å². The molecule has 2 saturated heterocycles. The molecular weight excluding hydrogens is 512 g/mol. The summed E-state index contributed by atoms with van der Waals surface area (Å²) >= 11 is 0. The van der Waals surface area contributed by atoms with Crippen molar-refractivity contribution in [1.29, 1.82) is 5.26 Å². The molecule has 1 saturated carbocycles. The number of nitriles is 1. The van der Waals surface area contributed by atoms with Crippen LogP contribution in [0.1, 0.15) is 56.4 Å². The first-order chi connectivity index (χ1) is 20.1. The van der Waals surface area contributed by atoms with Crippen LogP contribution in [0.25, 0.3) is 22.3 Å². The van der Waals surface area contributed by atoms with E-state index < -0.39 is 0 Å². The van der Waals surface area contributed by atoms with Crippen LogP contribution in [0.5, 0.6) is 0 Å². The summed E-state index contributed by atoms with van der Waals surface area (Å²) in [5, 5.41) is 15.3. The number of nitrogens with zero attached hydrogens (tertiary/aromatic N) is 7. The Bertz CT molecular complexity index is 1550. The molecule has 7 rings (SSSR count). The van der Waals surface area contributed by atoms with Crippen LogP contribution in [0.4, 0.5) is 0 Å². The average molecular weight is 549 g/mol. The van der Waals surface area contributed by atoms with E-state index in [2.05, 4.69) is 61.2 Å². The van der Waals surface area contributed by atoms with Crippen LogP contribution in [-0.2, 0) is 10.3 Å². The number of carbonyl (C=O) groups is 1. The molecule has 9 nitrogen and oxygen atoms in total. The topological polar surface area (TPSA) is 107 Å².